The second kappa shape index (κ2) is 6.09. The van der Waals surface area contributed by atoms with E-state index < -0.39 is 5.63 Å². The van der Waals surface area contributed by atoms with Gasteiger partial charge in [-0.3, -0.25) is 4.79 Å². The lowest BCUT2D eigenvalue weighted by Crippen LogP contribution is -2.33. The van der Waals surface area contributed by atoms with Crippen molar-refractivity contribution in [3.05, 3.63) is 70.1 Å². The quantitative estimate of drug-likeness (QED) is 0.690. The van der Waals surface area contributed by atoms with Crippen molar-refractivity contribution in [1.82, 2.24) is 0 Å². The van der Waals surface area contributed by atoms with Gasteiger partial charge in [-0.25, -0.2) is 4.79 Å². The molecule has 0 fully saturated rings. The van der Waals surface area contributed by atoms with Crippen molar-refractivity contribution < 1.29 is 13.9 Å². The van der Waals surface area contributed by atoms with Crippen LogP contribution in [0.5, 0.6) is 5.75 Å². The first kappa shape index (κ1) is 15.4. The molecule has 0 saturated carbocycles. The Balaban J connectivity index is 1.51. The highest BCUT2D eigenvalue weighted by molar-refractivity contribution is 5.96. The van der Waals surface area contributed by atoms with E-state index >= 15 is 0 Å². The van der Waals surface area contributed by atoms with Crippen molar-refractivity contribution in [3.63, 3.8) is 0 Å². The maximum absolute atomic E-state index is 12.5. The largest absolute Gasteiger partial charge is 0.484 e. The zero-order valence-corrected chi connectivity index (χ0v) is 13.8. The van der Waals surface area contributed by atoms with Crippen molar-refractivity contribution in [1.29, 1.82) is 0 Å². The number of para-hydroxylation sites is 1. The summed E-state index contributed by atoms with van der Waals surface area (Å²) >= 11 is 0. The van der Waals surface area contributed by atoms with Gasteiger partial charge in [-0.2, -0.15) is 0 Å². The number of carbonyl (C=O) groups is 1. The van der Waals surface area contributed by atoms with Crippen LogP contribution in [0.1, 0.15) is 11.1 Å². The Kier molecular flexibility index (Phi) is 3.76. The zero-order chi connectivity index (χ0) is 17.4. The SMILES string of the molecule is Cc1cc(=O)oc2cc(OCC(=O)N3CCc4ccccc43)ccc12. The number of carbonyl (C=O) groups excluding carboxylic acids is 1. The molecule has 0 atom stereocenters. The highest BCUT2D eigenvalue weighted by Crippen LogP contribution is 2.28. The average molecular weight is 335 g/mol. The molecular weight excluding hydrogens is 318 g/mol. The normalized spacial score (nSPS) is 13.1. The van der Waals surface area contributed by atoms with Crippen LogP contribution in [-0.4, -0.2) is 19.1 Å². The van der Waals surface area contributed by atoms with Gasteiger partial charge in [0.05, 0.1) is 0 Å². The van der Waals surface area contributed by atoms with Gasteiger partial charge < -0.3 is 14.1 Å². The summed E-state index contributed by atoms with van der Waals surface area (Å²) in [6.45, 7) is 2.47. The Bertz CT molecular complexity index is 1020. The van der Waals surface area contributed by atoms with Gasteiger partial charge in [-0.15, -0.1) is 0 Å². The molecule has 1 aromatic heterocycles. The molecule has 0 N–H and O–H groups in total. The number of amides is 1. The molecule has 1 amide bonds. The van der Waals surface area contributed by atoms with Crippen LogP contribution in [0.25, 0.3) is 11.0 Å². The number of aryl methyl sites for hydroxylation is 1. The number of nitrogens with zero attached hydrogens (tertiary/aromatic N) is 1. The maximum atomic E-state index is 12.5. The molecule has 126 valence electrons. The first-order chi connectivity index (χ1) is 12.1. The molecule has 0 radical (unpaired) electrons. The van der Waals surface area contributed by atoms with Crippen LogP contribution in [0.4, 0.5) is 5.69 Å². The highest BCUT2D eigenvalue weighted by Gasteiger charge is 2.24. The van der Waals surface area contributed by atoms with Gasteiger partial charge in [0.15, 0.2) is 6.61 Å². The molecule has 1 aliphatic heterocycles. The molecule has 0 aliphatic carbocycles. The summed E-state index contributed by atoms with van der Waals surface area (Å²) in [6.07, 6.45) is 0.863. The van der Waals surface area contributed by atoms with Gasteiger partial charge in [-0.1, -0.05) is 18.2 Å². The Labute approximate surface area is 144 Å². The lowest BCUT2D eigenvalue weighted by atomic mass is 10.1. The summed E-state index contributed by atoms with van der Waals surface area (Å²) < 4.78 is 10.8. The fraction of sp³-hybridized carbons (Fsp3) is 0.200. The number of fused-ring (bicyclic) bond motifs is 2. The number of rotatable bonds is 3. The zero-order valence-electron chi connectivity index (χ0n) is 13.8. The minimum Gasteiger partial charge on any atom is -0.484 e. The molecule has 0 unspecified atom stereocenters. The molecule has 3 aromatic rings. The van der Waals surface area contributed by atoms with Crippen molar-refractivity contribution in [2.45, 2.75) is 13.3 Å². The van der Waals surface area contributed by atoms with E-state index in [-0.39, 0.29) is 12.5 Å². The summed E-state index contributed by atoms with van der Waals surface area (Å²) in [4.78, 5) is 25.7. The Morgan fingerprint density at radius 2 is 2.04 bits per heavy atom. The van der Waals surface area contributed by atoms with E-state index in [1.807, 2.05) is 37.3 Å². The Morgan fingerprint density at radius 3 is 2.92 bits per heavy atom. The van der Waals surface area contributed by atoms with E-state index in [2.05, 4.69) is 0 Å². The summed E-state index contributed by atoms with van der Waals surface area (Å²) in [6, 6.07) is 14.6. The third kappa shape index (κ3) is 2.89. The van der Waals surface area contributed by atoms with Gasteiger partial charge in [0.25, 0.3) is 5.91 Å². The first-order valence-corrected chi connectivity index (χ1v) is 8.17. The van der Waals surface area contributed by atoms with Crippen LogP contribution < -0.4 is 15.3 Å². The molecule has 4 rings (SSSR count). The van der Waals surface area contributed by atoms with Gasteiger partial charge in [-0.05, 0) is 42.7 Å². The first-order valence-electron chi connectivity index (χ1n) is 8.17. The van der Waals surface area contributed by atoms with Crippen molar-refractivity contribution >= 4 is 22.6 Å². The third-order valence-electron chi connectivity index (χ3n) is 4.47. The van der Waals surface area contributed by atoms with Crippen molar-refractivity contribution in [2.24, 2.45) is 0 Å². The summed E-state index contributed by atoms with van der Waals surface area (Å²) in [5, 5.41) is 0.853. The highest BCUT2D eigenvalue weighted by atomic mass is 16.5. The lowest BCUT2D eigenvalue weighted by molar-refractivity contribution is -0.120. The van der Waals surface area contributed by atoms with Crippen LogP contribution in [0.15, 0.2) is 57.7 Å². The van der Waals surface area contributed by atoms with Crippen LogP contribution in [0.3, 0.4) is 0 Å². The van der Waals surface area contributed by atoms with Crippen LogP contribution in [0.2, 0.25) is 0 Å². The standard InChI is InChI=1S/C20H17NO4/c1-13-10-20(23)25-18-11-15(6-7-16(13)18)24-12-19(22)21-9-8-14-4-2-3-5-17(14)21/h2-7,10-11H,8-9,12H2,1H3. The second-order valence-electron chi connectivity index (χ2n) is 6.12. The topological polar surface area (TPSA) is 59.8 Å². The van der Waals surface area contributed by atoms with E-state index in [1.54, 1.807) is 17.0 Å². The number of benzene rings is 2. The van der Waals surface area contributed by atoms with Gasteiger partial charge >= 0.3 is 5.63 Å². The summed E-state index contributed by atoms with van der Waals surface area (Å²) in [5.74, 6) is 0.415. The summed E-state index contributed by atoms with van der Waals surface area (Å²) in [7, 11) is 0. The molecule has 5 heteroatoms. The molecule has 25 heavy (non-hydrogen) atoms. The molecule has 2 heterocycles. The minimum absolute atomic E-state index is 0.0596. The molecule has 0 spiro atoms. The monoisotopic (exact) mass is 335 g/mol. The predicted octanol–water partition coefficient (Wildman–Crippen LogP) is 3.07. The minimum atomic E-state index is -0.396. The van der Waals surface area contributed by atoms with E-state index in [0.717, 1.165) is 23.1 Å². The van der Waals surface area contributed by atoms with Gasteiger partial charge in [0.2, 0.25) is 0 Å². The third-order valence-corrected chi connectivity index (χ3v) is 4.47. The molecule has 0 bridgehead atoms. The van der Waals surface area contributed by atoms with E-state index in [4.69, 9.17) is 9.15 Å². The molecule has 0 saturated heterocycles. The van der Waals surface area contributed by atoms with E-state index in [0.29, 0.717) is 17.9 Å². The number of hydrogen-bond donors (Lipinski definition) is 0. The fourth-order valence-electron chi connectivity index (χ4n) is 3.22. The van der Waals surface area contributed by atoms with Crippen molar-refractivity contribution in [2.75, 3.05) is 18.1 Å². The Hall–Kier alpha value is -3.08. The maximum Gasteiger partial charge on any atom is 0.336 e. The van der Waals surface area contributed by atoms with Gasteiger partial charge in [0, 0.05) is 29.8 Å². The molecule has 5 nitrogen and oxygen atoms in total. The smallest absolute Gasteiger partial charge is 0.336 e. The predicted molar refractivity (Wildman–Crippen MR) is 95.2 cm³/mol. The van der Waals surface area contributed by atoms with Crippen LogP contribution in [-0.2, 0) is 11.2 Å². The number of ether oxygens (including phenoxy) is 1. The number of anilines is 1. The lowest BCUT2D eigenvalue weighted by Gasteiger charge is -2.17. The average Bonchev–Trinajstić information content (AvgIpc) is 3.03. The molecule has 1 aliphatic rings. The second-order valence-corrected chi connectivity index (χ2v) is 6.12. The van der Waals surface area contributed by atoms with Crippen molar-refractivity contribution in [3.8, 4) is 5.75 Å². The Morgan fingerprint density at radius 1 is 1.20 bits per heavy atom. The van der Waals surface area contributed by atoms with E-state index in [9.17, 15) is 9.59 Å². The van der Waals surface area contributed by atoms with Crippen LogP contribution >= 0.6 is 0 Å². The van der Waals surface area contributed by atoms with Crippen LogP contribution in [0, 0.1) is 6.92 Å². The number of hydrogen-bond acceptors (Lipinski definition) is 4. The van der Waals surface area contributed by atoms with E-state index in [1.165, 1.54) is 11.6 Å². The summed E-state index contributed by atoms with van der Waals surface area (Å²) in [5.41, 5.74) is 3.05. The fourth-order valence-corrected chi connectivity index (χ4v) is 3.22. The molecule has 2 aromatic carbocycles. The van der Waals surface area contributed by atoms with Gasteiger partial charge in [0.1, 0.15) is 11.3 Å². The molecular formula is C20H17NO4.